The Morgan fingerprint density at radius 2 is 2.20 bits per heavy atom. The summed E-state index contributed by atoms with van der Waals surface area (Å²) < 4.78 is 4.92. The molecule has 1 N–H and O–H groups in total. The van der Waals surface area contributed by atoms with Crippen molar-refractivity contribution in [2.75, 3.05) is 18.5 Å². The molecule has 0 aliphatic rings. The second kappa shape index (κ2) is 6.06. The Morgan fingerprint density at radius 3 is 2.87 bits per heavy atom. The van der Waals surface area contributed by atoms with Gasteiger partial charge >= 0.3 is 5.97 Å². The Labute approximate surface area is 90.4 Å². The monoisotopic (exact) mass is 207 g/mol. The van der Waals surface area contributed by atoms with E-state index in [4.69, 9.17) is 4.74 Å². The van der Waals surface area contributed by atoms with Crippen molar-refractivity contribution in [3.63, 3.8) is 0 Å². The molecule has 0 heterocycles. The van der Waals surface area contributed by atoms with Gasteiger partial charge in [-0.05, 0) is 31.5 Å². The molecular formula is C12H17NO2. The van der Waals surface area contributed by atoms with Crippen LogP contribution in [0, 0.1) is 0 Å². The first-order valence-corrected chi connectivity index (χ1v) is 5.29. The number of esters is 1. The minimum atomic E-state index is -0.266. The third-order valence-corrected chi connectivity index (χ3v) is 1.95. The van der Waals surface area contributed by atoms with Crippen LogP contribution in [0.1, 0.15) is 30.6 Å². The number of hydrogen-bond donors (Lipinski definition) is 1. The third kappa shape index (κ3) is 3.62. The highest BCUT2D eigenvalue weighted by atomic mass is 16.5. The molecule has 1 aromatic carbocycles. The number of anilines is 1. The number of carbonyl (C=O) groups excluding carboxylic acids is 1. The van der Waals surface area contributed by atoms with Crippen molar-refractivity contribution in [3.8, 4) is 0 Å². The van der Waals surface area contributed by atoms with Gasteiger partial charge in [0.15, 0.2) is 0 Å². The minimum Gasteiger partial charge on any atom is -0.462 e. The molecule has 3 heteroatoms. The number of carbonyl (C=O) groups is 1. The highest BCUT2D eigenvalue weighted by molar-refractivity contribution is 5.90. The summed E-state index contributed by atoms with van der Waals surface area (Å²) in [5.41, 5.74) is 1.56. The first-order valence-electron chi connectivity index (χ1n) is 5.29. The molecule has 0 bridgehead atoms. The Morgan fingerprint density at radius 1 is 1.40 bits per heavy atom. The van der Waals surface area contributed by atoms with Gasteiger partial charge in [0.25, 0.3) is 0 Å². The maximum Gasteiger partial charge on any atom is 0.338 e. The van der Waals surface area contributed by atoms with Crippen LogP contribution in [0.15, 0.2) is 24.3 Å². The zero-order valence-corrected chi connectivity index (χ0v) is 9.25. The molecule has 0 aliphatic heterocycles. The van der Waals surface area contributed by atoms with Crippen molar-refractivity contribution < 1.29 is 9.53 Å². The predicted octanol–water partition coefficient (Wildman–Crippen LogP) is 2.69. The lowest BCUT2D eigenvalue weighted by Gasteiger charge is -2.06. The smallest absolute Gasteiger partial charge is 0.338 e. The molecule has 0 radical (unpaired) electrons. The Balaban J connectivity index is 2.69. The van der Waals surface area contributed by atoms with Gasteiger partial charge in [-0.3, -0.25) is 0 Å². The highest BCUT2D eigenvalue weighted by Gasteiger charge is 2.05. The van der Waals surface area contributed by atoms with Crippen molar-refractivity contribution in [1.29, 1.82) is 0 Å². The Bertz CT molecular complexity index is 323. The summed E-state index contributed by atoms with van der Waals surface area (Å²) in [6.07, 6.45) is 1.06. The fourth-order valence-corrected chi connectivity index (χ4v) is 1.24. The molecule has 1 aromatic rings. The largest absolute Gasteiger partial charge is 0.462 e. The summed E-state index contributed by atoms with van der Waals surface area (Å²) in [5, 5.41) is 3.22. The summed E-state index contributed by atoms with van der Waals surface area (Å²) in [5.74, 6) is -0.266. The normalized spacial score (nSPS) is 9.73. The summed E-state index contributed by atoms with van der Waals surface area (Å²) >= 11 is 0. The van der Waals surface area contributed by atoms with Crippen LogP contribution in [0.3, 0.4) is 0 Å². The van der Waals surface area contributed by atoms with Crippen molar-refractivity contribution in [1.82, 2.24) is 0 Å². The molecule has 1 rings (SSSR count). The van der Waals surface area contributed by atoms with E-state index in [1.165, 1.54) is 0 Å². The van der Waals surface area contributed by atoms with E-state index in [0.717, 1.165) is 18.7 Å². The van der Waals surface area contributed by atoms with E-state index >= 15 is 0 Å². The Kier molecular flexibility index (Phi) is 4.68. The maximum atomic E-state index is 11.4. The summed E-state index contributed by atoms with van der Waals surface area (Å²) in [6, 6.07) is 7.37. The lowest BCUT2D eigenvalue weighted by Crippen LogP contribution is -2.06. The lowest BCUT2D eigenvalue weighted by molar-refractivity contribution is 0.0526. The summed E-state index contributed by atoms with van der Waals surface area (Å²) in [6.45, 7) is 5.22. The van der Waals surface area contributed by atoms with Crippen LogP contribution >= 0.6 is 0 Å². The average Bonchev–Trinajstić information content (AvgIpc) is 2.27. The summed E-state index contributed by atoms with van der Waals surface area (Å²) in [4.78, 5) is 11.4. The minimum absolute atomic E-state index is 0.266. The van der Waals surface area contributed by atoms with Gasteiger partial charge in [-0.25, -0.2) is 4.79 Å². The van der Waals surface area contributed by atoms with Crippen molar-refractivity contribution in [2.45, 2.75) is 20.3 Å². The second-order valence-corrected chi connectivity index (χ2v) is 3.23. The van der Waals surface area contributed by atoms with Crippen LogP contribution in [0.4, 0.5) is 5.69 Å². The Hall–Kier alpha value is -1.51. The second-order valence-electron chi connectivity index (χ2n) is 3.23. The molecular weight excluding hydrogens is 190 g/mol. The van der Waals surface area contributed by atoms with Gasteiger partial charge < -0.3 is 10.1 Å². The van der Waals surface area contributed by atoms with E-state index in [-0.39, 0.29) is 5.97 Å². The molecule has 15 heavy (non-hydrogen) atoms. The van der Waals surface area contributed by atoms with Gasteiger partial charge in [0.1, 0.15) is 0 Å². The topological polar surface area (TPSA) is 38.3 Å². The van der Waals surface area contributed by atoms with Gasteiger partial charge in [0, 0.05) is 12.2 Å². The van der Waals surface area contributed by atoms with Gasteiger partial charge in [0.2, 0.25) is 0 Å². The average molecular weight is 207 g/mol. The van der Waals surface area contributed by atoms with Crippen LogP contribution in [0.5, 0.6) is 0 Å². The predicted molar refractivity (Wildman–Crippen MR) is 61.2 cm³/mol. The van der Waals surface area contributed by atoms with E-state index < -0.39 is 0 Å². The van der Waals surface area contributed by atoms with Crippen molar-refractivity contribution in [2.24, 2.45) is 0 Å². The van der Waals surface area contributed by atoms with Crippen LogP contribution in [-0.4, -0.2) is 19.1 Å². The first kappa shape index (κ1) is 11.6. The highest BCUT2D eigenvalue weighted by Crippen LogP contribution is 2.11. The number of hydrogen-bond acceptors (Lipinski definition) is 3. The number of nitrogens with one attached hydrogen (secondary N) is 1. The van der Waals surface area contributed by atoms with Gasteiger partial charge in [-0.2, -0.15) is 0 Å². The molecule has 0 atom stereocenters. The van der Waals surface area contributed by atoms with E-state index in [9.17, 15) is 4.79 Å². The molecule has 0 aliphatic carbocycles. The zero-order chi connectivity index (χ0) is 11.1. The number of ether oxygens (including phenoxy) is 1. The van der Waals surface area contributed by atoms with Gasteiger partial charge in [0.05, 0.1) is 12.2 Å². The number of rotatable bonds is 5. The van der Waals surface area contributed by atoms with E-state index in [2.05, 4.69) is 12.2 Å². The van der Waals surface area contributed by atoms with Crippen molar-refractivity contribution in [3.05, 3.63) is 29.8 Å². The molecule has 82 valence electrons. The molecule has 0 aromatic heterocycles. The van der Waals surface area contributed by atoms with Crippen LogP contribution < -0.4 is 5.32 Å². The summed E-state index contributed by atoms with van der Waals surface area (Å²) in [7, 11) is 0. The van der Waals surface area contributed by atoms with Crippen molar-refractivity contribution >= 4 is 11.7 Å². The third-order valence-electron chi connectivity index (χ3n) is 1.95. The van der Waals surface area contributed by atoms with Crippen LogP contribution in [0.2, 0.25) is 0 Å². The molecule has 3 nitrogen and oxygen atoms in total. The van der Waals surface area contributed by atoms with E-state index in [1.54, 1.807) is 13.0 Å². The standard InChI is InChI=1S/C12H17NO2/c1-3-8-13-11-7-5-6-10(9-11)12(14)15-4-2/h5-7,9,13H,3-4,8H2,1-2H3. The first-order chi connectivity index (χ1) is 7.27. The molecule has 0 fully saturated rings. The van der Waals surface area contributed by atoms with E-state index in [1.807, 2.05) is 18.2 Å². The van der Waals surface area contributed by atoms with Crippen LogP contribution in [0.25, 0.3) is 0 Å². The molecule has 0 amide bonds. The maximum absolute atomic E-state index is 11.4. The van der Waals surface area contributed by atoms with Gasteiger partial charge in [-0.15, -0.1) is 0 Å². The quantitative estimate of drug-likeness (QED) is 0.754. The molecule has 0 unspecified atom stereocenters. The molecule has 0 saturated heterocycles. The zero-order valence-electron chi connectivity index (χ0n) is 9.25. The SMILES string of the molecule is CCCNc1cccc(C(=O)OCC)c1. The fourth-order valence-electron chi connectivity index (χ4n) is 1.24. The lowest BCUT2D eigenvalue weighted by atomic mass is 10.2. The molecule has 0 spiro atoms. The fraction of sp³-hybridized carbons (Fsp3) is 0.417. The van der Waals surface area contributed by atoms with Gasteiger partial charge in [-0.1, -0.05) is 13.0 Å². The molecule has 0 saturated carbocycles. The number of benzene rings is 1. The van der Waals surface area contributed by atoms with E-state index in [0.29, 0.717) is 12.2 Å². The van der Waals surface area contributed by atoms with Crippen LogP contribution in [-0.2, 0) is 4.74 Å².